The fourth-order valence-corrected chi connectivity index (χ4v) is 5.18. The standard InChI is InChI=1S/C28H30N4O4/c1-29-27(34)26(5-3-13-33)32-17-21-15-22(7-8-24(21)28(32)35)36-23-10-12-31(18-23)16-19-6-9-25-20(14-19)4-2-11-30-25/h2,4,6-9,11,13-15,23,26H,3,5,10,12,16-18H2,1H3,(H,29,34)/t23-,26-/m0/s1. The monoisotopic (exact) mass is 486 g/mol. The summed E-state index contributed by atoms with van der Waals surface area (Å²) in [5, 5.41) is 3.75. The second-order valence-corrected chi connectivity index (χ2v) is 9.42. The van der Waals surface area contributed by atoms with Gasteiger partial charge in [-0.3, -0.25) is 19.5 Å². The number of aromatic nitrogens is 1. The highest BCUT2D eigenvalue weighted by Gasteiger charge is 2.36. The Morgan fingerprint density at radius 3 is 2.97 bits per heavy atom. The van der Waals surface area contributed by atoms with Crippen molar-refractivity contribution in [3.8, 4) is 5.75 Å². The molecule has 1 saturated heterocycles. The third-order valence-electron chi connectivity index (χ3n) is 7.00. The summed E-state index contributed by atoms with van der Waals surface area (Å²) in [6, 6.07) is 15.3. The molecule has 2 aliphatic rings. The van der Waals surface area contributed by atoms with E-state index in [1.807, 2.05) is 24.4 Å². The maximum Gasteiger partial charge on any atom is 0.255 e. The van der Waals surface area contributed by atoms with Gasteiger partial charge < -0.3 is 19.7 Å². The van der Waals surface area contributed by atoms with Crippen LogP contribution in [-0.4, -0.2) is 65.2 Å². The van der Waals surface area contributed by atoms with Gasteiger partial charge in [0, 0.05) is 56.8 Å². The number of carbonyl (C=O) groups excluding carboxylic acids is 3. The van der Waals surface area contributed by atoms with Crippen LogP contribution in [-0.2, 0) is 22.7 Å². The highest BCUT2D eigenvalue weighted by Crippen LogP contribution is 2.30. The van der Waals surface area contributed by atoms with E-state index in [0.29, 0.717) is 18.5 Å². The minimum Gasteiger partial charge on any atom is -0.489 e. The predicted molar refractivity (Wildman–Crippen MR) is 136 cm³/mol. The van der Waals surface area contributed by atoms with Crippen LogP contribution in [0.15, 0.2) is 54.7 Å². The normalized spacial score (nSPS) is 18.3. The van der Waals surface area contributed by atoms with Crippen molar-refractivity contribution in [2.24, 2.45) is 0 Å². The van der Waals surface area contributed by atoms with Crippen molar-refractivity contribution < 1.29 is 19.1 Å². The molecule has 0 bridgehead atoms. The lowest BCUT2D eigenvalue weighted by Crippen LogP contribution is -2.46. The number of hydrogen-bond donors (Lipinski definition) is 1. The van der Waals surface area contributed by atoms with Crippen molar-refractivity contribution in [2.45, 2.75) is 44.5 Å². The largest absolute Gasteiger partial charge is 0.489 e. The first-order valence-corrected chi connectivity index (χ1v) is 12.4. The van der Waals surface area contributed by atoms with Gasteiger partial charge in [0.05, 0.1) is 5.52 Å². The van der Waals surface area contributed by atoms with Crippen LogP contribution >= 0.6 is 0 Å². The van der Waals surface area contributed by atoms with Crippen LogP contribution in [0.2, 0.25) is 0 Å². The topological polar surface area (TPSA) is 91.8 Å². The number of ether oxygens (including phenoxy) is 1. The number of rotatable bonds is 9. The Morgan fingerprint density at radius 2 is 2.14 bits per heavy atom. The molecule has 8 nitrogen and oxygen atoms in total. The van der Waals surface area contributed by atoms with Crippen molar-refractivity contribution in [3.63, 3.8) is 0 Å². The SMILES string of the molecule is CNC(=O)[C@H](CCC=O)N1Cc2cc(O[C@H]3CCN(Cc4ccc5ncccc5c4)C3)ccc2C1=O. The molecule has 2 atom stereocenters. The van der Waals surface area contributed by atoms with E-state index in [4.69, 9.17) is 4.74 Å². The van der Waals surface area contributed by atoms with Crippen LogP contribution in [0.5, 0.6) is 5.75 Å². The molecule has 1 N–H and O–H groups in total. The maximum atomic E-state index is 13.0. The lowest BCUT2D eigenvalue weighted by Gasteiger charge is -2.25. The Morgan fingerprint density at radius 1 is 1.25 bits per heavy atom. The van der Waals surface area contributed by atoms with Gasteiger partial charge in [-0.25, -0.2) is 0 Å². The van der Waals surface area contributed by atoms with Crippen LogP contribution < -0.4 is 10.1 Å². The molecular formula is C28H30N4O4. The van der Waals surface area contributed by atoms with Crippen molar-refractivity contribution in [2.75, 3.05) is 20.1 Å². The molecule has 5 rings (SSSR count). The molecule has 0 saturated carbocycles. The molecule has 2 aromatic carbocycles. The Labute approximate surface area is 210 Å². The number of nitrogens with one attached hydrogen (secondary N) is 1. The Hall–Kier alpha value is -3.78. The van der Waals surface area contributed by atoms with Crippen LogP contribution in [0.4, 0.5) is 0 Å². The molecule has 2 aliphatic heterocycles. The number of hydrogen-bond acceptors (Lipinski definition) is 6. The molecule has 0 radical (unpaired) electrons. The van der Waals surface area contributed by atoms with Crippen molar-refractivity contribution in [3.05, 3.63) is 71.4 Å². The van der Waals surface area contributed by atoms with E-state index in [2.05, 4.69) is 39.5 Å². The zero-order valence-electron chi connectivity index (χ0n) is 20.4. The summed E-state index contributed by atoms with van der Waals surface area (Å²) in [7, 11) is 1.54. The van der Waals surface area contributed by atoms with E-state index in [0.717, 1.165) is 54.6 Å². The quantitative estimate of drug-likeness (QED) is 0.468. The number of pyridine rings is 1. The number of carbonyl (C=O) groups is 3. The molecule has 2 amide bonds. The van der Waals surface area contributed by atoms with Gasteiger partial charge in [0.15, 0.2) is 0 Å². The first-order chi connectivity index (χ1) is 17.6. The summed E-state index contributed by atoms with van der Waals surface area (Å²) in [4.78, 5) is 44.5. The summed E-state index contributed by atoms with van der Waals surface area (Å²) < 4.78 is 6.30. The fourth-order valence-electron chi connectivity index (χ4n) is 5.18. The second-order valence-electron chi connectivity index (χ2n) is 9.42. The number of likely N-dealkylation sites (tertiary alicyclic amines) is 1. The van der Waals surface area contributed by atoms with E-state index < -0.39 is 6.04 Å². The van der Waals surface area contributed by atoms with Gasteiger partial charge in [-0.2, -0.15) is 0 Å². The molecule has 36 heavy (non-hydrogen) atoms. The van der Waals surface area contributed by atoms with Crippen LogP contribution in [0, 0.1) is 0 Å². The first kappa shape index (κ1) is 23.9. The smallest absolute Gasteiger partial charge is 0.255 e. The number of amides is 2. The van der Waals surface area contributed by atoms with Crippen LogP contribution in [0.25, 0.3) is 10.9 Å². The van der Waals surface area contributed by atoms with Gasteiger partial charge in [0.2, 0.25) is 5.91 Å². The molecule has 3 aromatic rings. The highest BCUT2D eigenvalue weighted by molar-refractivity contribution is 6.01. The van der Waals surface area contributed by atoms with Gasteiger partial charge in [-0.15, -0.1) is 0 Å². The molecule has 0 unspecified atom stereocenters. The molecular weight excluding hydrogens is 456 g/mol. The summed E-state index contributed by atoms with van der Waals surface area (Å²) in [6.45, 7) is 2.98. The minimum atomic E-state index is -0.668. The number of benzene rings is 2. The van der Waals surface area contributed by atoms with Crippen molar-refractivity contribution in [1.29, 1.82) is 0 Å². The molecule has 186 valence electrons. The number of likely N-dealkylation sites (N-methyl/N-ethyl adjacent to an activating group) is 1. The molecule has 1 fully saturated rings. The lowest BCUT2D eigenvalue weighted by atomic mass is 10.1. The Bertz CT molecular complexity index is 1290. The molecule has 0 aliphatic carbocycles. The second kappa shape index (κ2) is 10.5. The zero-order chi connectivity index (χ0) is 25.1. The molecule has 0 spiro atoms. The number of fused-ring (bicyclic) bond motifs is 2. The van der Waals surface area contributed by atoms with E-state index >= 15 is 0 Å². The third-order valence-corrected chi connectivity index (χ3v) is 7.00. The lowest BCUT2D eigenvalue weighted by molar-refractivity contribution is -0.125. The molecule has 1 aromatic heterocycles. The number of nitrogens with zero attached hydrogens (tertiary/aromatic N) is 3. The summed E-state index contributed by atoms with van der Waals surface area (Å²) >= 11 is 0. The highest BCUT2D eigenvalue weighted by atomic mass is 16.5. The third kappa shape index (κ3) is 4.95. The average molecular weight is 487 g/mol. The van der Waals surface area contributed by atoms with Gasteiger partial charge in [-0.1, -0.05) is 12.1 Å². The summed E-state index contributed by atoms with van der Waals surface area (Å²) in [5.74, 6) is 0.285. The average Bonchev–Trinajstić information content (AvgIpc) is 3.47. The zero-order valence-corrected chi connectivity index (χ0v) is 20.4. The van der Waals surface area contributed by atoms with Crippen molar-refractivity contribution in [1.82, 2.24) is 20.1 Å². The van der Waals surface area contributed by atoms with Gasteiger partial charge >= 0.3 is 0 Å². The van der Waals surface area contributed by atoms with Gasteiger partial charge in [0.1, 0.15) is 24.2 Å². The van der Waals surface area contributed by atoms with Crippen LogP contribution in [0.3, 0.4) is 0 Å². The summed E-state index contributed by atoms with van der Waals surface area (Å²) in [5.41, 5.74) is 3.69. The molecule has 8 heteroatoms. The predicted octanol–water partition coefficient (Wildman–Crippen LogP) is 2.94. The molecule has 3 heterocycles. The minimum absolute atomic E-state index is 0.0737. The fraction of sp³-hybridized carbons (Fsp3) is 0.357. The Kier molecular flexibility index (Phi) is 6.95. The van der Waals surface area contributed by atoms with E-state index in [1.54, 1.807) is 11.0 Å². The van der Waals surface area contributed by atoms with Crippen molar-refractivity contribution >= 4 is 29.0 Å². The van der Waals surface area contributed by atoms with Crippen LogP contribution in [0.1, 0.15) is 40.7 Å². The van der Waals surface area contributed by atoms with Gasteiger partial charge in [-0.05, 0) is 60.4 Å². The van der Waals surface area contributed by atoms with E-state index in [1.165, 1.54) is 12.6 Å². The first-order valence-electron chi connectivity index (χ1n) is 12.4. The summed E-state index contributed by atoms with van der Waals surface area (Å²) in [6.07, 6.45) is 4.12. The Balaban J connectivity index is 1.21. The number of aldehydes is 1. The van der Waals surface area contributed by atoms with E-state index in [9.17, 15) is 14.4 Å². The van der Waals surface area contributed by atoms with E-state index in [-0.39, 0.29) is 24.3 Å². The van der Waals surface area contributed by atoms with Gasteiger partial charge in [0.25, 0.3) is 5.91 Å². The maximum absolute atomic E-state index is 13.0.